The third kappa shape index (κ3) is 2.46. The Morgan fingerprint density at radius 1 is 1.44 bits per heavy atom. The minimum Gasteiger partial charge on any atom is -0.369 e. The zero-order valence-corrected chi connectivity index (χ0v) is 12.0. The molecular weight excluding hydrogens is 320 g/mol. The number of primary amides is 1. The van der Waals surface area contributed by atoms with E-state index in [9.17, 15) is 4.79 Å². The van der Waals surface area contributed by atoms with Crippen LogP contribution in [0.3, 0.4) is 0 Å². The molecule has 1 amide bonds. The molecule has 0 radical (unpaired) electrons. The maximum Gasteiger partial charge on any atom is 0.237 e. The van der Waals surface area contributed by atoms with E-state index in [0.717, 1.165) is 10.2 Å². The quantitative estimate of drug-likeness (QED) is 0.854. The van der Waals surface area contributed by atoms with E-state index in [4.69, 9.17) is 23.1 Å². The van der Waals surface area contributed by atoms with Crippen LogP contribution in [-0.4, -0.2) is 29.5 Å². The van der Waals surface area contributed by atoms with Gasteiger partial charge in [-0.3, -0.25) is 9.78 Å². The summed E-state index contributed by atoms with van der Waals surface area (Å²) in [6.45, 7) is 1.28. The first kappa shape index (κ1) is 13.6. The summed E-state index contributed by atoms with van der Waals surface area (Å²) in [6.07, 6.45) is 4.33. The predicted octanol–water partition coefficient (Wildman–Crippen LogP) is 1.28. The van der Waals surface area contributed by atoms with Gasteiger partial charge in [-0.25, -0.2) is 0 Å². The number of carbonyl (C=O) groups is 1. The minimum absolute atomic E-state index is 0.443. The molecule has 5 nitrogen and oxygen atoms in total. The third-order valence-corrected chi connectivity index (χ3v) is 4.15. The van der Waals surface area contributed by atoms with E-state index in [0.29, 0.717) is 31.0 Å². The predicted molar refractivity (Wildman–Crippen MR) is 74.5 cm³/mol. The monoisotopic (exact) mass is 332 g/mol. The van der Waals surface area contributed by atoms with Crippen molar-refractivity contribution < 1.29 is 4.79 Å². The molecule has 2 rings (SSSR count). The molecule has 1 aromatic heterocycles. The van der Waals surface area contributed by atoms with Crippen molar-refractivity contribution >= 4 is 39.1 Å². The molecule has 18 heavy (non-hydrogen) atoms. The Balaban J connectivity index is 2.18. The lowest BCUT2D eigenvalue weighted by atomic mass is 9.88. The number of nitrogens with zero attached hydrogens (tertiary/aromatic N) is 2. The SMILES string of the molecule is NC(=O)C1(N)CCN(c2c(Cl)cncc2Br)CC1. The van der Waals surface area contributed by atoms with Crippen LogP contribution < -0.4 is 16.4 Å². The highest BCUT2D eigenvalue weighted by Gasteiger charge is 2.36. The fraction of sp³-hybridized carbons (Fsp3) is 0.455. The highest BCUT2D eigenvalue weighted by molar-refractivity contribution is 9.10. The molecule has 98 valence electrons. The molecule has 0 spiro atoms. The van der Waals surface area contributed by atoms with Gasteiger partial charge in [-0.2, -0.15) is 0 Å². The van der Waals surface area contributed by atoms with Gasteiger partial charge in [0.2, 0.25) is 5.91 Å². The molecule has 4 N–H and O–H groups in total. The van der Waals surface area contributed by atoms with Crippen molar-refractivity contribution in [1.82, 2.24) is 4.98 Å². The Kier molecular flexibility index (Phi) is 3.79. The molecule has 0 atom stereocenters. The van der Waals surface area contributed by atoms with Crippen molar-refractivity contribution in [2.24, 2.45) is 11.5 Å². The van der Waals surface area contributed by atoms with Crippen molar-refractivity contribution in [3.63, 3.8) is 0 Å². The fourth-order valence-electron chi connectivity index (χ4n) is 2.08. The fourth-order valence-corrected chi connectivity index (χ4v) is 3.06. The van der Waals surface area contributed by atoms with Crippen molar-refractivity contribution in [2.75, 3.05) is 18.0 Å². The molecule has 0 aliphatic carbocycles. The molecule has 7 heteroatoms. The molecule has 0 bridgehead atoms. The zero-order valence-electron chi connectivity index (χ0n) is 9.70. The number of carbonyl (C=O) groups excluding carboxylic acids is 1. The van der Waals surface area contributed by atoms with Crippen LogP contribution in [0.15, 0.2) is 16.9 Å². The zero-order chi connectivity index (χ0) is 13.3. The average molecular weight is 334 g/mol. The van der Waals surface area contributed by atoms with Crippen molar-refractivity contribution in [1.29, 1.82) is 0 Å². The second-order valence-corrected chi connectivity index (χ2v) is 5.72. The van der Waals surface area contributed by atoms with E-state index in [1.54, 1.807) is 12.4 Å². The highest BCUT2D eigenvalue weighted by atomic mass is 79.9. The number of nitrogens with two attached hydrogens (primary N) is 2. The Morgan fingerprint density at radius 2 is 2.06 bits per heavy atom. The maximum absolute atomic E-state index is 11.3. The Labute approximate surface area is 119 Å². The van der Waals surface area contributed by atoms with Crippen LogP contribution in [0.1, 0.15) is 12.8 Å². The first-order valence-electron chi connectivity index (χ1n) is 5.57. The first-order chi connectivity index (χ1) is 8.44. The van der Waals surface area contributed by atoms with Gasteiger partial charge in [-0.15, -0.1) is 0 Å². The minimum atomic E-state index is -0.900. The number of rotatable bonds is 2. The van der Waals surface area contributed by atoms with Gasteiger partial charge < -0.3 is 16.4 Å². The van der Waals surface area contributed by atoms with Crippen LogP contribution in [0.2, 0.25) is 5.02 Å². The molecule has 1 aliphatic heterocycles. The summed E-state index contributed by atoms with van der Waals surface area (Å²) in [4.78, 5) is 17.4. The number of anilines is 1. The second-order valence-electron chi connectivity index (χ2n) is 4.46. The molecule has 0 unspecified atom stereocenters. The molecule has 2 heterocycles. The number of hydrogen-bond donors (Lipinski definition) is 2. The van der Waals surface area contributed by atoms with Gasteiger partial charge in [0, 0.05) is 25.5 Å². The van der Waals surface area contributed by atoms with E-state index in [2.05, 4.69) is 25.8 Å². The summed E-state index contributed by atoms with van der Waals surface area (Å²) in [6, 6.07) is 0. The van der Waals surface area contributed by atoms with Gasteiger partial charge in [0.25, 0.3) is 0 Å². The van der Waals surface area contributed by atoms with Gasteiger partial charge in [-0.1, -0.05) is 11.6 Å². The molecule has 1 saturated heterocycles. The summed E-state index contributed by atoms with van der Waals surface area (Å²) in [5.41, 5.74) is 11.3. The Hall–Kier alpha value is -0.850. The van der Waals surface area contributed by atoms with E-state index in [1.165, 1.54) is 0 Å². The summed E-state index contributed by atoms with van der Waals surface area (Å²) in [5, 5.41) is 0.577. The molecule has 0 aromatic carbocycles. The van der Waals surface area contributed by atoms with Crippen molar-refractivity contribution in [2.45, 2.75) is 18.4 Å². The second kappa shape index (κ2) is 5.03. The molecule has 1 aliphatic rings. The summed E-state index contributed by atoms with van der Waals surface area (Å²) in [5.74, 6) is -0.443. The van der Waals surface area contributed by atoms with Gasteiger partial charge in [0.15, 0.2) is 0 Å². The summed E-state index contributed by atoms with van der Waals surface area (Å²) >= 11 is 9.57. The average Bonchev–Trinajstić information content (AvgIpc) is 2.31. The molecule has 1 fully saturated rings. The van der Waals surface area contributed by atoms with Crippen LogP contribution in [0, 0.1) is 0 Å². The van der Waals surface area contributed by atoms with Crippen LogP contribution in [0.25, 0.3) is 0 Å². The largest absolute Gasteiger partial charge is 0.369 e. The molecular formula is C11H14BrClN4O. The number of amides is 1. The van der Waals surface area contributed by atoms with E-state index >= 15 is 0 Å². The van der Waals surface area contributed by atoms with Gasteiger partial charge in [0.05, 0.1) is 20.7 Å². The smallest absolute Gasteiger partial charge is 0.237 e. The normalized spacial score (nSPS) is 18.7. The van der Waals surface area contributed by atoms with Gasteiger partial charge in [0.1, 0.15) is 0 Å². The van der Waals surface area contributed by atoms with E-state index in [1.807, 2.05) is 0 Å². The lowest BCUT2D eigenvalue weighted by Crippen LogP contribution is -2.58. The Bertz CT molecular complexity index is 454. The Morgan fingerprint density at radius 3 is 2.56 bits per heavy atom. The van der Waals surface area contributed by atoms with Crippen LogP contribution in [-0.2, 0) is 4.79 Å². The first-order valence-corrected chi connectivity index (χ1v) is 6.74. The highest BCUT2D eigenvalue weighted by Crippen LogP contribution is 2.35. The molecule has 1 aromatic rings. The van der Waals surface area contributed by atoms with Crippen molar-refractivity contribution in [3.05, 3.63) is 21.9 Å². The number of pyridine rings is 1. The van der Waals surface area contributed by atoms with E-state index < -0.39 is 11.4 Å². The number of aromatic nitrogens is 1. The standard InChI is InChI=1S/C11H14BrClN4O/c12-7-5-16-6-8(13)9(7)17-3-1-11(15,2-4-17)10(14)18/h5-6H,1-4,15H2,(H2,14,18). The van der Waals surface area contributed by atoms with E-state index in [-0.39, 0.29) is 0 Å². The van der Waals surface area contributed by atoms with Gasteiger partial charge >= 0.3 is 0 Å². The topological polar surface area (TPSA) is 85.2 Å². The molecule has 0 saturated carbocycles. The number of piperidine rings is 1. The van der Waals surface area contributed by atoms with Crippen LogP contribution in [0.5, 0.6) is 0 Å². The third-order valence-electron chi connectivity index (χ3n) is 3.29. The summed E-state index contributed by atoms with van der Waals surface area (Å²) in [7, 11) is 0. The van der Waals surface area contributed by atoms with Crippen LogP contribution >= 0.6 is 27.5 Å². The summed E-state index contributed by atoms with van der Waals surface area (Å²) < 4.78 is 0.832. The number of halogens is 2. The van der Waals surface area contributed by atoms with Crippen molar-refractivity contribution in [3.8, 4) is 0 Å². The lowest BCUT2D eigenvalue weighted by molar-refractivity contribution is -0.123. The number of hydrogen-bond acceptors (Lipinski definition) is 4. The maximum atomic E-state index is 11.3. The van der Waals surface area contributed by atoms with Gasteiger partial charge in [-0.05, 0) is 28.8 Å². The van der Waals surface area contributed by atoms with Crippen LogP contribution in [0.4, 0.5) is 5.69 Å². The lowest BCUT2D eigenvalue weighted by Gasteiger charge is -2.38.